The molecule has 0 bridgehead atoms. The molecule has 0 aliphatic carbocycles. The number of carbonyl (C=O) groups excluding carboxylic acids is 1. The maximum Gasteiger partial charge on any atom is 0.534 e. The van der Waals surface area contributed by atoms with Crippen LogP contribution in [0.3, 0.4) is 0 Å². The molecule has 0 N–H and O–H groups in total. The fourth-order valence-corrected chi connectivity index (χ4v) is 1.53. The van der Waals surface area contributed by atoms with Crippen molar-refractivity contribution in [2.75, 3.05) is 7.11 Å². The third kappa shape index (κ3) is 3.59. The molecular weight excluding hydrogens is 293 g/mol. The number of carbonyl (C=O) groups is 1. The summed E-state index contributed by atoms with van der Waals surface area (Å²) in [5, 5.41) is 3.62. The first-order valence-electron chi connectivity index (χ1n) is 4.67. The topological polar surface area (TPSA) is 87.5 Å². The van der Waals surface area contributed by atoms with Gasteiger partial charge >= 0.3 is 21.6 Å². The fraction of sp³-hybridized carbons (Fsp3) is 0.500. The van der Waals surface area contributed by atoms with Crippen molar-refractivity contribution in [1.29, 1.82) is 0 Å². The zero-order valence-corrected chi connectivity index (χ0v) is 10.6. The molecule has 0 atom stereocenters. The van der Waals surface area contributed by atoms with Crippen LogP contribution in [0.2, 0.25) is 0 Å². The number of aryl methyl sites for hydroxylation is 1. The van der Waals surface area contributed by atoms with Crippen molar-refractivity contribution in [2.24, 2.45) is 7.05 Å². The van der Waals surface area contributed by atoms with Gasteiger partial charge < -0.3 is 8.92 Å². The van der Waals surface area contributed by atoms with Gasteiger partial charge in [0.25, 0.3) is 0 Å². The molecule has 11 heteroatoms. The highest BCUT2D eigenvalue weighted by Gasteiger charge is 2.49. The molecule has 0 aliphatic rings. The van der Waals surface area contributed by atoms with Gasteiger partial charge in [0.15, 0.2) is 0 Å². The second-order valence-corrected chi connectivity index (χ2v) is 4.87. The summed E-state index contributed by atoms with van der Waals surface area (Å²) in [6.45, 7) is 0. The Balaban J connectivity index is 2.95. The molecule has 0 aromatic carbocycles. The molecule has 0 fully saturated rings. The maximum absolute atomic E-state index is 12.1. The van der Waals surface area contributed by atoms with Gasteiger partial charge in [-0.25, -0.2) is 4.68 Å². The first-order valence-corrected chi connectivity index (χ1v) is 6.08. The normalized spacial score (nSPS) is 12.3. The van der Waals surface area contributed by atoms with Crippen LogP contribution in [0.1, 0.15) is 5.69 Å². The molecule has 0 amide bonds. The Morgan fingerprint density at radius 1 is 1.47 bits per heavy atom. The molecule has 0 unspecified atom stereocenters. The second-order valence-electron chi connectivity index (χ2n) is 3.33. The predicted octanol–water partition coefficient (Wildman–Crippen LogP) is 0.364. The van der Waals surface area contributed by atoms with Crippen molar-refractivity contribution in [3.05, 3.63) is 11.8 Å². The van der Waals surface area contributed by atoms with Crippen LogP contribution in [0.15, 0.2) is 6.07 Å². The van der Waals surface area contributed by atoms with Gasteiger partial charge in [-0.15, -0.1) is 0 Å². The summed E-state index contributed by atoms with van der Waals surface area (Å²) in [6.07, 6.45) is -0.320. The van der Waals surface area contributed by atoms with Crippen LogP contribution >= 0.6 is 0 Å². The highest BCUT2D eigenvalue weighted by Crippen LogP contribution is 2.27. The number of aromatic nitrogens is 2. The van der Waals surface area contributed by atoms with Crippen molar-refractivity contribution >= 4 is 16.1 Å². The highest BCUT2D eigenvalue weighted by molar-refractivity contribution is 7.87. The van der Waals surface area contributed by atoms with Crippen LogP contribution < -0.4 is 4.18 Å². The predicted molar refractivity (Wildman–Crippen MR) is 54.5 cm³/mol. The number of hydrogen-bond acceptors (Lipinski definition) is 6. The molecule has 7 nitrogen and oxygen atoms in total. The minimum Gasteiger partial charge on any atom is -0.469 e. The maximum atomic E-state index is 12.1. The Bertz CT molecular complexity index is 578. The first-order chi connectivity index (χ1) is 8.56. The average Bonchev–Trinajstić information content (AvgIpc) is 2.56. The molecule has 0 spiro atoms. The number of rotatable bonds is 4. The van der Waals surface area contributed by atoms with Crippen molar-refractivity contribution in [3.8, 4) is 5.88 Å². The highest BCUT2D eigenvalue weighted by atomic mass is 32.2. The Labute approximate surface area is 106 Å². The van der Waals surface area contributed by atoms with E-state index in [2.05, 4.69) is 14.0 Å². The number of halogens is 3. The summed E-state index contributed by atoms with van der Waals surface area (Å²) >= 11 is 0. The third-order valence-corrected chi connectivity index (χ3v) is 2.88. The summed E-state index contributed by atoms with van der Waals surface area (Å²) in [5.41, 5.74) is -5.53. The Morgan fingerprint density at radius 3 is 2.53 bits per heavy atom. The molecule has 0 aliphatic heterocycles. The van der Waals surface area contributed by atoms with E-state index in [1.807, 2.05) is 0 Å². The average molecular weight is 302 g/mol. The SMILES string of the molecule is COC(=O)Cc1cc(OS(=O)(=O)C(F)(F)F)n(C)n1. The van der Waals surface area contributed by atoms with Gasteiger partial charge in [0.2, 0.25) is 5.88 Å². The molecule has 0 radical (unpaired) electrons. The zero-order chi connectivity index (χ0) is 14.8. The first kappa shape index (κ1) is 15.3. The molecule has 1 aromatic rings. The molecule has 1 rings (SSSR count). The molecular formula is C8H9F3N2O5S. The Kier molecular flexibility index (Phi) is 4.08. The van der Waals surface area contributed by atoms with E-state index in [1.165, 1.54) is 7.05 Å². The standard InChI is InChI=1S/C8H9F3N2O5S/c1-13-6(18-19(15,16)8(9,10)11)3-5(12-13)4-7(14)17-2/h3H,4H2,1-2H3. The van der Waals surface area contributed by atoms with Gasteiger partial charge in [-0.2, -0.15) is 26.7 Å². The molecule has 0 saturated heterocycles. The van der Waals surface area contributed by atoms with Crippen molar-refractivity contribution in [1.82, 2.24) is 9.78 Å². The van der Waals surface area contributed by atoms with Crippen LogP contribution in [0.4, 0.5) is 13.2 Å². The minimum atomic E-state index is -5.77. The lowest BCUT2D eigenvalue weighted by Crippen LogP contribution is -2.28. The quantitative estimate of drug-likeness (QED) is 0.453. The van der Waals surface area contributed by atoms with Gasteiger partial charge in [0.05, 0.1) is 19.2 Å². The summed E-state index contributed by atoms with van der Waals surface area (Å²) in [7, 11) is -3.48. The Morgan fingerprint density at radius 2 is 2.05 bits per heavy atom. The van der Waals surface area contributed by atoms with Crippen LogP contribution in [-0.2, 0) is 33.1 Å². The van der Waals surface area contributed by atoms with Gasteiger partial charge in [0.1, 0.15) is 0 Å². The van der Waals surface area contributed by atoms with Gasteiger partial charge in [-0.1, -0.05) is 0 Å². The smallest absolute Gasteiger partial charge is 0.469 e. The molecule has 1 heterocycles. The van der Waals surface area contributed by atoms with Crippen molar-refractivity contribution in [2.45, 2.75) is 11.9 Å². The summed E-state index contributed by atoms with van der Waals surface area (Å²) in [6, 6.07) is 0.903. The number of hydrogen-bond donors (Lipinski definition) is 0. The number of methoxy groups -OCH3 is 1. The van der Waals surface area contributed by atoms with E-state index in [4.69, 9.17) is 0 Å². The number of esters is 1. The van der Waals surface area contributed by atoms with Crippen molar-refractivity contribution in [3.63, 3.8) is 0 Å². The van der Waals surface area contributed by atoms with Crippen molar-refractivity contribution < 1.29 is 35.3 Å². The lowest BCUT2D eigenvalue weighted by atomic mass is 10.3. The van der Waals surface area contributed by atoms with E-state index in [0.29, 0.717) is 0 Å². The van der Waals surface area contributed by atoms with E-state index in [0.717, 1.165) is 17.9 Å². The largest absolute Gasteiger partial charge is 0.534 e. The fourth-order valence-electron chi connectivity index (χ4n) is 1.05. The van der Waals surface area contributed by atoms with E-state index in [9.17, 15) is 26.4 Å². The number of ether oxygens (including phenoxy) is 1. The summed E-state index contributed by atoms with van der Waals surface area (Å²) in [5.74, 6) is -1.33. The summed E-state index contributed by atoms with van der Waals surface area (Å²) in [4.78, 5) is 10.9. The lowest BCUT2D eigenvalue weighted by Gasteiger charge is -2.08. The van der Waals surface area contributed by atoms with Gasteiger partial charge in [-0.05, 0) is 0 Å². The number of nitrogens with zero attached hydrogens (tertiary/aromatic N) is 2. The Hall–Kier alpha value is -1.78. The minimum absolute atomic E-state index is 0.0155. The second kappa shape index (κ2) is 5.07. The molecule has 108 valence electrons. The number of alkyl halides is 3. The van der Waals surface area contributed by atoms with Crippen LogP contribution in [0.5, 0.6) is 5.88 Å². The van der Waals surface area contributed by atoms with Crippen LogP contribution in [-0.4, -0.2) is 36.8 Å². The molecule has 1 aromatic heterocycles. The molecule has 0 saturated carbocycles. The van der Waals surface area contributed by atoms with E-state index >= 15 is 0 Å². The third-order valence-electron chi connectivity index (χ3n) is 1.92. The van der Waals surface area contributed by atoms with Gasteiger partial charge in [0, 0.05) is 13.1 Å². The van der Waals surface area contributed by atoms with E-state index in [-0.39, 0.29) is 12.1 Å². The summed E-state index contributed by atoms with van der Waals surface area (Å²) < 4.78 is 66.9. The molecule has 19 heavy (non-hydrogen) atoms. The monoisotopic (exact) mass is 302 g/mol. The van der Waals surface area contributed by atoms with Crippen LogP contribution in [0, 0.1) is 0 Å². The van der Waals surface area contributed by atoms with E-state index in [1.54, 1.807) is 0 Å². The lowest BCUT2D eigenvalue weighted by molar-refractivity contribution is -0.139. The van der Waals surface area contributed by atoms with Gasteiger partial charge in [-0.3, -0.25) is 4.79 Å². The van der Waals surface area contributed by atoms with Crippen LogP contribution in [0.25, 0.3) is 0 Å². The van der Waals surface area contributed by atoms with E-state index < -0.39 is 27.5 Å². The zero-order valence-electron chi connectivity index (χ0n) is 9.76.